The summed E-state index contributed by atoms with van der Waals surface area (Å²) in [5.41, 5.74) is 0.267. The van der Waals surface area contributed by atoms with Gasteiger partial charge in [0.2, 0.25) is 0 Å². The Kier molecular flexibility index (Phi) is 4.31. The number of hydrogen-bond acceptors (Lipinski definition) is 3. The molecule has 1 atom stereocenters. The van der Waals surface area contributed by atoms with Crippen LogP contribution in [0.15, 0.2) is 24.3 Å². The van der Waals surface area contributed by atoms with Crippen LogP contribution in [-0.4, -0.2) is 36.6 Å². The normalized spacial score (nSPS) is 17.7. The van der Waals surface area contributed by atoms with Gasteiger partial charge >= 0.3 is 5.97 Å². The molecule has 4 heteroatoms. The van der Waals surface area contributed by atoms with Crippen molar-refractivity contribution >= 4 is 5.97 Å². The molecule has 0 aliphatic carbocycles. The smallest absolute Gasteiger partial charge is 0.338 e. The van der Waals surface area contributed by atoms with E-state index >= 15 is 0 Å². The monoisotopic (exact) mass is 251 g/mol. The highest BCUT2D eigenvalue weighted by Gasteiger charge is 2.18. The van der Waals surface area contributed by atoms with Crippen LogP contribution in [0.25, 0.3) is 0 Å². The second kappa shape index (κ2) is 5.96. The molecule has 0 spiro atoms. The fraction of sp³-hybridized carbons (Fsp3) is 0.500. The highest BCUT2D eigenvalue weighted by molar-refractivity contribution is 5.89. The summed E-state index contributed by atoms with van der Waals surface area (Å²) in [5, 5.41) is 0. The largest absolute Gasteiger partial charge is 0.458 e. The van der Waals surface area contributed by atoms with E-state index in [0.717, 1.165) is 19.6 Å². The number of likely N-dealkylation sites (tertiary alicyclic amines) is 1. The van der Waals surface area contributed by atoms with E-state index in [0.29, 0.717) is 0 Å². The molecule has 1 aliphatic heterocycles. The molecule has 1 aromatic rings. The Morgan fingerprint density at radius 2 is 2.17 bits per heavy atom. The van der Waals surface area contributed by atoms with Crippen LogP contribution < -0.4 is 0 Å². The van der Waals surface area contributed by atoms with Crippen LogP contribution in [0, 0.1) is 5.82 Å². The van der Waals surface area contributed by atoms with Crippen molar-refractivity contribution in [1.82, 2.24) is 4.90 Å². The maximum absolute atomic E-state index is 13.0. The number of ether oxygens (including phenoxy) is 1. The maximum atomic E-state index is 13.0. The Bertz CT molecular complexity index is 416. The van der Waals surface area contributed by atoms with Crippen molar-refractivity contribution in [3.63, 3.8) is 0 Å². The number of rotatable bonds is 4. The minimum absolute atomic E-state index is 0.168. The summed E-state index contributed by atoms with van der Waals surface area (Å²) < 4.78 is 18.3. The third-order valence-corrected chi connectivity index (χ3v) is 3.08. The van der Waals surface area contributed by atoms with Gasteiger partial charge in [-0.25, -0.2) is 9.18 Å². The molecule has 2 rings (SSSR count). The van der Waals surface area contributed by atoms with Gasteiger partial charge in [0, 0.05) is 6.54 Å². The summed E-state index contributed by atoms with van der Waals surface area (Å²) in [6, 6.07) is 5.58. The van der Waals surface area contributed by atoms with Crippen LogP contribution >= 0.6 is 0 Å². The van der Waals surface area contributed by atoms with Crippen LogP contribution in [-0.2, 0) is 4.74 Å². The number of carbonyl (C=O) groups is 1. The minimum Gasteiger partial charge on any atom is -0.458 e. The van der Waals surface area contributed by atoms with Gasteiger partial charge in [0.1, 0.15) is 11.9 Å². The Hall–Kier alpha value is -1.42. The zero-order valence-electron chi connectivity index (χ0n) is 10.6. The summed E-state index contributed by atoms with van der Waals surface area (Å²) >= 11 is 0. The second-order valence-electron chi connectivity index (χ2n) is 4.73. The van der Waals surface area contributed by atoms with E-state index in [4.69, 9.17) is 4.74 Å². The van der Waals surface area contributed by atoms with Gasteiger partial charge in [-0.1, -0.05) is 6.07 Å². The van der Waals surface area contributed by atoms with E-state index in [9.17, 15) is 9.18 Å². The average molecular weight is 251 g/mol. The summed E-state index contributed by atoms with van der Waals surface area (Å²) in [7, 11) is 0. The Morgan fingerprint density at radius 1 is 1.44 bits per heavy atom. The molecule has 98 valence electrons. The Labute approximate surface area is 107 Å². The predicted octanol–water partition coefficient (Wildman–Crippen LogP) is 2.47. The molecule has 3 nitrogen and oxygen atoms in total. The molecule has 0 aromatic heterocycles. The first-order chi connectivity index (χ1) is 8.65. The summed E-state index contributed by atoms with van der Waals surface area (Å²) in [6.45, 7) is 4.76. The number of carbonyl (C=O) groups excluding carboxylic acids is 1. The summed E-state index contributed by atoms with van der Waals surface area (Å²) in [6.07, 6.45) is 2.26. The molecule has 0 amide bonds. The van der Waals surface area contributed by atoms with Gasteiger partial charge in [-0.05, 0) is 51.1 Å². The number of nitrogens with zero attached hydrogens (tertiary/aromatic N) is 1. The lowest BCUT2D eigenvalue weighted by atomic mass is 10.2. The van der Waals surface area contributed by atoms with Crippen molar-refractivity contribution in [3.05, 3.63) is 35.6 Å². The first-order valence-electron chi connectivity index (χ1n) is 6.34. The number of hydrogen-bond donors (Lipinski definition) is 0. The van der Waals surface area contributed by atoms with Crippen molar-refractivity contribution in [2.75, 3.05) is 19.6 Å². The zero-order valence-corrected chi connectivity index (χ0v) is 10.6. The molecule has 0 unspecified atom stereocenters. The lowest BCUT2D eigenvalue weighted by Gasteiger charge is -2.20. The predicted molar refractivity (Wildman–Crippen MR) is 67.0 cm³/mol. The molecule has 0 bridgehead atoms. The Morgan fingerprint density at radius 3 is 2.83 bits per heavy atom. The quantitative estimate of drug-likeness (QED) is 0.770. The molecule has 0 N–H and O–H groups in total. The fourth-order valence-corrected chi connectivity index (χ4v) is 2.23. The lowest BCUT2D eigenvalue weighted by Crippen LogP contribution is -2.31. The molecule has 1 saturated heterocycles. The van der Waals surface area contributed by atoms with Gasteiger partial charge in [-0.2, -0.15) is 0 Å². The summed E-state index contributed by atoms with van der Waals surface area (Å²) in [4.78, 5) is 14.1. The van der Waals surface area contributed by atoms with E-state index in [2.05, 4.69) is 4.90 Å². The third kappa shape index (κ3) is 3.53. The first-order valence-corrected chi connectivity index (χ1v) is 6.34. The maximum Gasteiger partial charge on any atom is 0.338 e. The van der Waals surface area contributed by atoms with Crippen LogP contribution in [0.5, 0.6) is 0 Å². The molecular weight excluding hydrogens is 233 g/mol. The standard InChI is InChI=1S/C14H18FNO2/c1-11(10-16-7-2-3-8-16)18-14(17)12-5-4-6-13(15)9-12/h4-6,9,11H,2-3,7-8,10H2,1H3/t11-/m0/s1. The Balaban J connectivity index is 1.86. The van der Waals surface area contributed by atoms with Crippen LogP contribution in [0.1, 0.15) is 30.1 Å². The highest BCUT2D eigenvalue weighted by atomic mass is 19.1. The number of esters is 1. The molecule has 1 aliphatic rings. The van der Waals surface area contributed by atoms with Gasteiger partial charge < -0.3 is 4.74 Å². The van der Waals surface area contributed by atoms with Gasteiger partial charge in [-0.15, -0.1) is 0 Å². The SMILES string of the molecule is C[C@@H](CN1CCCC1)OC(=O)c1cccc(F)c1. The van der Waals surface area contributed by atoms with Crippen molar-refractivity contribution in [3.8, 4) is 0 Å². The average Bonchev–Trinajstić information content (AvgIpc) is 2.81. The molecular formula is C14H18FNO2. The topological polar surface area (TPSA) is 29.5 Å². The molecule has 1 fully saturated rings. The van der Waals surface area contributed by atoms with Crippen molar-refractivity contribution in [1.29, 1.82) is 0 Å². The van der Waals surface area contributed by atoms with E-state index in [-0.39, 0.29) is 11.7 Å². The van der Waals surface area contributed by atoms with Gasteiger partial charge in [0.25, 0.3) is 0 Å². The number of halogens is 1. The highest BCUT2D eigenvalue weighted by Crippen LogP contribution is 2.11. The van der Waals surface area contributed by atoms with Gasteiger partial charge in [0.15, 0.2) is 0 Å². The molecule has 1 heterocycles. The number of benzene rings is 1. The third-order valence-electron chi connectivity index (χ3n) is 3.08. The van der Waals surface area contributed by atoms with Gasteiger partial charge in [-0.3, -0.25) is 4.90 Å². The van der Waals surface area contributed by atoms with Crippen molar-refractivity contribution in [2.45, 2.75) is 25.9 Å². The molecule has 0 radical (unpaired) electrons. The lowest BCUT2D eigenvalue weighted by molar-refractivity contribution is 0.0270. The van der Waals surface area contributed by atoms with E-state index in [1.165, 1.54) is 31.0 Å². The molecule has 1 aromatic carbocycles. The first kappa shape index (κ1) is 13.0. The van der Waals surface area contributed by atoms with Crippen LogP contribution in [0.3, 0.4) is 0 Å². The minimum atomic E-state index is -0.457. The van der Waals surface area contributed by atoms with Crippen LogP contribution in [0.2, 0.25) is 0 Å². The van der Waals surface area contributed by atoms with Gasteiger partial charge in [0.05, 0.1) is 5.56 Å². The van der Waals surface area contributed by atoms with E-state index in [1.807, 2.05) is 6.92 Å². The molecule has 0 saturated carbocycles. The fourth-order valence-electron chi connectivity index (χ4n) is 2.23. The van der Waals surface area contributed by atoms with Crippen molar-refractivity contribution < 1.29 is 13.9 Å². The second-order valence-corrected chi connectivity index (χ2v) is 4.73. The van der Waals surface area contributed by atoms with E-state index < -0.39 is 11.8 Å². The zero-order chi connectivity index (χ0) is 13.0. The molecule has 18 heavy (non-hydrogen) atoms. The van der Waals surface area contributed by atoms with E-state index in [1.54, 1.807) is 6.07 Å². The summed E-state index contributed by atoms with van der Waals surface area (Å²) in [5.74, 6) is -0.877. The van der Waals surface area contributed by atoms with Crippen molar-refractivity contribution in [2.24, 2.45) is 0 Å². The van der Waals surface area contributed by atoms with Crippen LogP contribution in [0.4, 0.5) is 4.39 Å².